The van der Waals surface area contributed by atoms with Crippen molar-refractivity contribution in [3.8, 4) is 0 Å². The van der Waals surface area contributed by atoms with Crippen LogP contribution < -0.4 is 5.73 Å². The molecule has 1 aromatic rings. The van der Waals surface area contributed by atoms with Crippen molar-refractivity contribution in [1.82, 2.24) is 4.90 Å². The van der Waals surface area contributed by atoms with Crippen LogP contribution in [0.4, 0.5) is 5.88 Å². The van der Waals surface area contributed by atoms with E-state index in [2.05, 4.69) is 4.90 Å². The van der Waals surface area contributed by atoms with Gasteiger partial charge >= 0.3 is 5.88 Å². The highest BCUT2D eigenvalue weighted by molar-refractivity contribution is 5.22. The average Bonchev–Trinajstić information content (AvgIpc) is 3.06. The van der Waals surface area contributed by atoms with Crippen molar-refractivity contribution in [2.24, 2.45) is 5.73 Å². The van der Waals surface area contributed by atoms with Crippen molar-refractivity contribution in [2.45, 2.75) is 43.8 Å². The molecule has 0 spiro atoms. The van der Waals surface area contributed by atoms with E-state index in [9.17, 15) is 10.1 Å². The maximum absolute atomic E-state index is 10.7. The molecule has 2 N–H and O–H groups in total. The Labute approximate surface area is 105 Å². The predicted octanol–water partition coefficient (Wildman–Crippen LogP) is 1.81. The van der Waals surface area contributed by atoms with Crippen LogP contribution >= 0.6 is 0 Å². The van der Waals surface area contributed by atoms with E-state index in [0.29, 0.717) is 11.8 Å². The van der Waals surface area contributed by atoms with E-state index in [0.717, 1.165) is 19.4 Å². The number of furan rings is 1. The number of hydrogen-bond donors (Lipinski definition) is 1. The molecule has 1 saturated carbocycles. The van der Waals surface area contributed by atoms with Crippen molar-refractivity contribution in [3.63, 3.8) is 0 Å². The molecule has 2 fully saturated rings. The van der Waals surface area contributed by atoms with Gasteiger partial charge in [-0.25, -0.2) is 0 Å². The second-order valence-electron chi connectivity index (χ2n) is 5.15. The van der Waals surface area contributed by atoms with Crippen molar-refractivity contribution < 1.29 is 9.34 Å². The quantitative estimate of drug-likeness (QED) is 0.654. The summed E-state index contributed by atoms with van der Waals surface area (Å²) >= 11 is 0. The van der Waals surface area contributed by atoms with Gasteiger partial charge in [0.1, 0.15) is 10.7 Å². The van der Waals surface area contributed by atoms with Crippen LogP contribution in [-0.2, 0) is 0 Å². The lowest BCUT2D eigenvalue weighted by atomic mass is 9.95. The molecule has 0 bridgehead atoms. The summed E-state index contributed by atoms with van der Waals surface area (Å²) in [5.41, 5.74) is 6.18. The maximum atomic E-state index is 10.7. The molecule has 2 atom stereocenters. The van der Waals surface area contributed by atoms with Gasteiger partial charge in [-0.2, -0.15) is 0 Å². The monoisotopic (exact) mass is 251 g/mol. The van der Waals surface area contributed by atoms with E-state index < -0.39 is 4.92 Å². The number of piperidine rings is 1. The lowest BCUT2D eigenvalue weighted by molar-refractivity contribution is -0.402. The molecule has 1 aromatic heterocycles. The smallest absolute Gasteiger partial charge is 0.404 e. The molecule has 1 aliphatic heterocycles. The fourth-order valence-corrected chi connectivity index (χ4v) is 2.84. The fraction of sp³-hybridized carbons (Fsp3) is 0.667. The SMILES string of the molecule is NC1CCCN(C2CC2)C1c1ccc([N+](=O)[O-])o1. The second-order valence-corrected chi connectivity index (χ2v) is 5.15. The van der Waals surface area contributed by atoms with Gasteiger partial charge in [-0.3, -0.25) is 15.0 Å². The first-order valence-corrected chi connectivity index (χ1v) is 6.42. The Morgan fingerprint density at radius 2 is 2.17 bits per heavy atom. The van der Waals surface area contributed by atoms with Gasteiger partial charge in [0.05, 0.1) is 12.1 Å². The molecule has 98 valence electrons. The molecule has 0 aromatic carbocycles. The minimum absolute atomic E-state index is 0.0000463. The van der Waals surface area contributed by atoms with Gasteiger partial charge in [-0.05, 0) is 38.3 Å². The molecule has 2 unspecified atom stereocenters. The van der Waals surface area contributed by atoms with Crippen LogP contribution in [0.2, 0.25) is 0 Å². The summed E-state index contributed by atoms with van der Waals surface area (Å²) in [5.74, 6) is 0.444. The first kappa shape index (κ1) is 11.7. The van der Waals surface area contributed by atoms with Gasteiger partial charge in [0.15, 0.2) is 0 Å². The van der Waals surface area contributed by atoms with E-state index in [1.54, 1.807) is 6.07 Å². The van der Waals surface area contributed by atoms with Crippen LogP contribution in [0.15, 0.2) is 16.5 Å². The van der Waals surface area contributed by atoms with Gasteiger partial charge in [-0.1, -0.05) is 0 Å². The van der Waals surface area contributed by atoms with Crippen LogP contribution in [0, 0.1) is 10.1 Å². The first-order valence-electron chi connectivity index (χ1n) is 6.42. The third-order valence-electron chi connectivity index (χ3n) is 3.82. The Hall–Kier alpha value is -1.40. The zero-order valence-corrected chi connectivity index (χ0v) is 10.1. The topological polar surface area (TPSA) is 85.5 Å². The lowest BCUT2D eigenvalue weighted by Gasteiger charge is -2.38. The Balaban J connectivity index is 1.87. The number of likely N-dealkylation sites (tertiary alicyclic amines) is 1. The molecule has 1 aliphatic carbocycles. The number of nitrogens with zero attached hydrogens (tertiary/aromatic N) is 2. The van der Waals surface area contributed by atoms with E-state index in [-0.39, 0.29) is 18.0 Å². The minimum Gasteiger partial charge on any atom is -0.404 e. The van der Waals surface area contributed by atoms with Crippen molar-refractivity contribution >= 4 is 5.88 Å². The fourth-order valence-electron chi connectivity index (χ4n) is 2.84. The molecule has 1 saturated heterocycles. The van der Waals surface area contributed by atoms with E-state index >= 15 is 0 Å². The summed E-state index contributed by atoms with van der Waals surface area (Å²) in [4.78, 5) is 12.5. The summed E-state index contributed by atoms with van der Waals surface area (Å²) in [6.45, 7) is 1.01. The minimum atomic E-state index is -0.501. The number of nitro groups is 1. The number of hydrogen-bond acceptors (Lipinski definition) is 5. The summed E-state index contributed by atoms with van der Waals surface area (Å²) in [6, 6.07) is 3.71. The number of rotatable bonds is 3. The molecular weight excluding hydrogens is 234 g/mol. The molecule has 6 nitrogen and oxygen atoms in total. The van der Waals surface area contributed by atoms with Crippen LogP contribution in [0.25, 0.3) is 0 Å². The van der Waals surface area contributed by atoms with E-state index in [1.165, 1.54) is 18.9 Å². The standard InChI is InChI=1S/C12H17N3O3/c13-9-2-1-7-14(8-3-4-8)12(9)10-5-6-11(18-10)15(16)17/h5-6,8-9,12H,1-4,7,13H2. The van der Waals surface area contributed by atoms with Gasteiger partial charge in [0, 0.05) is 12.1 Å². The van der Waals surface area contributed by atoms with E-state index in [1.807, 2.05) is 0 Å². The van der Waals surface area contributed by atoms with Crippen molar-refractivity contribution in [1.29, 1.82) is 0 Å². The Bertz CT molecular complexity index is 455. The highest BCUT2D eigenvalue weighted by Gasteiger charge is 2.41. The Morgan fingerprint density at radius 3 is 2.78 bits per heavy atom. The Kier molecular flexibility index (Phi) is 2.83. The summed E-state index contributed by atoms with van der Waals surface area (Å²) in [5, 5.41) is 10.7. The molecule has 18 heavy (non-hydrogen) atoms. The highest BCUT2D eigenvalue weighted by Crippen LogP contribution is 2.40. The lowest BCUT2D eigenvalue weighted by Crippen LogP contribution is -2.46. The third kappa shape index (κ3) is 2.02. The highest BCUT2D eigenvalue weighted by atomic mass is 16.6. The number of nitrogens with two attached hydrogens (primary N) is 1. The summed E-state index contributed by atoms with van der Waals surface area (Å²) in [7, 11) is 0. The largest absolute Gasteiger partial charge is 0.433 e. The van der Waals surface area contributed by atoms with Crippen LogP contribution in [0.3, 0.4) is 0 Å². The third-order valence-corrected chi connectivity index (χ3v) is 3.82. The van der Waals surface area contributed by atoms with Crippen molar-refractivity contribution in [3.05, 3.63) is 28.0 Å². The van der Waals surface area contributed by atoms with Gasteiger partial charge in [0.25, 0.3) is 0 Å². The van der Waals surface area contributed by atoms with Crippen LogP contribution in [0.1, 0.15) is 37.5 Å². The summed E-state index contributed by atoms with van der Waals surface area (Å²) < 4.78 is 5.34. The second kappa shape index (κ2) is 4.37. The maximum Gasteiger partial charge on any atom is 0.433 e. The Morgan fingerprint density at radius 1 is 1.39 bits per heavy atom. The van der Waals surface area contributed by atoms with Crippen LogP contribution in [-0.4, -0.2) is 28.5 Å². The van der Waals surface area contributed by atoms with Crippen LogP contribution in [0.5, 0.6) is 0 Å². The zero-order valence-electron chi connectivity index (χ0n) is 10.1. The molecule has 2 heterocycles. The normalized spacial score (nSPS) is 29.4. The molecule has 0 amide bonds. The molecular formula is C12H17N3O3. The predicted molar refractivity (Wildman–Crippen MR) is 65.0 cm³/mol. The zero-order chi connectivity index (χ0) is 12.7. The van der Waals surface area contributed by atoms with Gasteiger partial charge in [-0.15, -0.1) is 0 Å². The molecule has 0 radical (unpaired) electrons. The van der Waals surface area contributed by atoms with E-state index in [4.69, 9.17) is 10.2 Å². The van der Waals surface area contributed by atoms with Gasteiger partial charge in [0.2, 0.25) is 0 Å². The van der Waals surface area contributed by atoms with Crippen molar-refractivity contribution in [2.75, 3.05) is 6.54 Å². The average molecular weight is 251 g/mol. The molecule has 3 rings (SSSR count). The first-order chi connectivity index (χ1) is 8.66. The molecule has 2 aliphatic rings. The van der Waals surface area contributed by atoms with Gasteiger partial charge < -0.3 is 10.2 Å². The molecule has 6 heteroatoms. The summed E-state index contributed by atoms with van der Waals surface area (Å²) in [6.07, 6.45) is 4.44.